The van der Waals surface area contributed by atoms with Crippen molar-refractivity contribution in [1.82, 2.24) is 0 Å². The molecule has 0 bridgehead atoms. The molecule has 0 aliphatic carbocycles. The van der Waals surface area contributed by atoms with Crippen LogP contribution in [0.25, 0.3) is 0 Å². The molecule has 3 nitrogen and oxygen atoms in total. The van der Waals surface area contributed by atoms with Crippen molar-refractivity contribution in [2.24, 2.45) is 5.10 Å². The fourth-order valence-electron chi connectivity index (χ4n) is 1.56. The van der Waals surface area contributed by atoms with Gasteiger partial charge in [-0.05, 0) is 37.3 Å². The fraction of sp³-hybridized carbons (Fsp3) is 0.0714. The largest absolute Gasteiger partial charge is 0.398 e. The summed E-state index contributed by atoms with van der Waals surface area (Å²) in [6.45, 7) is 1.91. The number of hydrazone groups is 1. The second-order valence-corrected chi connectivity index (χ2v) is 4.34. The van der Waals surface area contributed by atoms with Gasteiger partial charge in [-0.1, -0.05) is 29.8 Å². The van der Waals surface area contributed by atoms with Crippen molar-refractivity contribution in [2.45, 2.75) is 6.92 Å². The van der Waals surface area contributed by atoms with Crippen LogP contribution in [0.3, 0.4) is 0 Å². The molecule has 0 unspecified atom stereocenters. The normalized spacial score (nSPS) is 11.3. The van der Waals surface area contributed by atoms with Gasteiger partial charge >= 0.3 is 0 Å². The van der Waals surface area contributed by atoms with Crippen LogP contribution >= 0.6 is 11.6 Å². The first-order chi connectivity index (χ1) is 8.66. The van der Waals surface area contributed by atoms with Crippen molar-refractivity contribution in [3.63, 3.8) is 0 Å². The number of hydrogen-bond acceptors (Lipinski definition) is 3. The van der Waals surface area contributed by atoms with Gasteiger partial charge in [0.15, 0.2) is 0 Å². The molecule has 0 amide bonds. The van der Waals surface area contributed by atoms with Crippen molar-refractivity contribution >= 4 is 28.7 Å². The molecule has 0 aliphatic heterocycles. The minimum atomic E-state index is 0.702. The molecule has 0 fully saturated rings. The van der Waals surface area contributed by atoms with E-state index in [1.807, 2.05) is 55.5 Å². The molecule has 4 heteroatoms. The number of para-hydroxylation sites is 1. The van der Waals surface area contributed by atoms with Crippen molar-refractivity contribution in [3.05, 3.63) is 59.1 Å². The number of anilines is 2. The molecule has 0 aromatic heterocycles. The van der Waals surface area contributed by atoms with Crippen LogP contribution in [0.2, 0.25) is 5.02 Å². The molecule has 0 aliphatic rings. The molecule has 2 rings (SSSR count). The second-order valence-electron chi connectivity index (χ2n) is 3.90. The van der Waals surface area contributed by atoms with Gasteiger partial charge < -0.3 is 5.73 Å². The summed E-state index contributed by atoms with van der Waals surface area (Å²) in [5.41, 5.74) is 12.2. The molecule has 0 spiro atoms. The zero-order chi connectivity index (χ0) is 13.0. The third kappa shape index (κ3) is 3.02. The van der Waals surface area contributed by atoms with Crippen LogP contribution in [-0.2, 0) is 0 Å². The minimum Gasteiger partial charge on any atom is -0.398 e. The van der Waals surface area contributed by atoms with E-state index in [-0.39, 0.29) is 0 Å². The van der Waals surface area contributed by atoms with Crippen LogP contribution in [-0.4, -0.2) is 5.71 Å². The first-order valence-corrected chi connectivity index (χ1v) is 5.95. The zero-order valence-corrected chi connectivity index (χ0v) is 10.8. The molecular formula is C14H14ClN3. The molecule has 2 aromatic rings. The number of nitrogen functional groups attached to an aromatic ring is 1. The predicted molar refractivity (Wildman–Crippen MR) is 78.1 cm³/mol. The number of nitrogens with zero attached hydrogens (tertiary/aromatic N) is 1. The van der Waals surface area contributed by atoms with Gasteiger partial charge in [-0.25, -0.2) is 0 Å². The third-order valence-electron chi connectivity index (χ3n) is 2.55. The SMILES string of the molecule is C/C(=N\Nc1ccc(Cl)cc1)c1ccccc1N. The molecule has 18 heavy (non-hydrogen) atoms. The van der Waals surface area contributed by atoms with Crippen LogP contribution in [0, 0.1) is 0 Å². The highest BCUT2D eigenvalue weighted by molar-refractivity contribution is 6.30. The van der Waals surface area contributed by atoms with E-state index in [0.29, 0.717) is 5.02 Å². The summed E-state index contributed by atoms with van der Waals surface area (Å²) < 4.78 is 0. The number of hydrogen-bond donors (Lipinski definition) is 2. The summed E-state index contributed by atoms with van der Waals surface area (Å²) >= 11 is 5.81. The van der Waals surface area contributed by atoms with Gasteiger partial charge in [0.05, 0.1) is 11.4 Å². The van der Waals surface area contributed by atoms with Gasteiger partial charge in [-0.2, -0.15) is 5.10 Å². The summed E-state index contributed by atoms with van der Waals surface area (Å²) in [5.74, 6) is 0. The van der Waals surface area contributed by atoms with E-state index in [4.69, 9.17) is 17.3 Å². The maximum absolute atomic E-state index is 5.88. The van der Waals surface area contributed by atoms with Gasteiger partial charge in [-0.3, -0.25) is 5.43 Å². The van der Waals surface area contributed by atoms with Crippen molar-refractivity contribution in [1.29, 1.82) is 0 Å². The van der Waals surface area contributed by atoms with Gasteiger partial charge in [0.25, 0.3) is 0 Å². The summed E-state index contributed by atoms with van der Waals surface area (Å²) in [6, 6.07) is 15.0. The highest BCUT2D eigenvalue weighted by atomic mass is 35.5. The predicted octanol–water partition coefficient (Wildman–Crippen LogP) is 3.76. The highest BCUT2D eigenvalue weighted by Gasteiger charge is 2.01. The maximum Gasteiger partial charge on any atom is 0.0669 e. The van der Waals surface area contributed by atoms with Gasteiger partial charge in [0.1, 0.15) is 0 Å². The Morgan fingerprint density at radius 2 is 1.78 bits per heavy atom. The number of benzene rings is 2. The molecule has 0 saturated heterocycles. The Morgan fingerprint density at radius 3 is 2.44 bits per heavy atom. The lowest BCUT2D eigenvalue weighted by molar-refractivity contribution is 1.32. The lowest BCUT2D eigenvalue weighted by atomic mass is 10.1. The average Bonchev–Trinajstić information content (AvgIpc) is 2.38. The van der Waals surface area contributed by atoms with E-state index in [9.17, 15) is 0 Å². The van der Waals surface area contributed by atoms with Crippen LogP contribution in [0.4, 0.5) is 11.4 Å². The minimum absolute atomic E-state index is 0.702. The third-order valence-corrected chi connectivity index (χ3v) is 2.80. The van der Waals surface area contributed by atoms with Crippen molar-refractivity contribution < 1.29 is 0 Å². The Hall–Kier alpha value is -2.00. The lowest BCUT2D eigenvalue weighted by Gasteiger charge is -2.06. The smallest absolute Gasteiger partial charge is 0.0669 e. The Morgan fingerprint density at radius 1 is 1.11 bits per heavy atom. The number of nitrogens with one attached hydrogen (secondary N) is 1. The molecular weight excluding hydrogens is 246 g/mol. The molecule has 3 N–H and O–H groups in total. The standard InChI is InChI=1S/C14H14ClN3/c1-10(13-4-2-3-5-14(13)16)17-18-12-8-6-11(15)7-9-12/h2-9,18H,16H2,1H3/b17-10+. The number of nitrogens with two attached hydrogens (primary N) is 1. The maximum atomic E-state index is 5.88. The summed E-state index contributed by atoms with van der Waals surface area (Å²) in [4.78, 5) is 0. The molecule has 0 heterocycles. The Labute approximate surface area is 111 Å². The number of halogens is 1. The van der Waals surface area contributed by atoms with Crippen LogP contribution in [0.5, 0.6) is 0 Å². The molecule has 92 valence electrons. The average molecular weight is 260 g/mol. The molecule has 0 radical (unpaired) electrons. The summed E-state index contributed by atoms with van der Waals surface area (Å²) in [5, 5.41) is 5.00. The van der Waals surface area contributed by atoms with Crippen molar-refractivity contribution in [3.8, 4) is 0 Å². The van der Waals surface area contributed by atoms with Crippen LogP contribution in [0.15, 0.2) is 53.6 Å². The van der Waals surface area contributed by atoms with Gasteiger partial charge in [0, 0.05) is 16.3 Å². The summed E-state index contributed by atoms with van der Waals surface area (Å²) in [6.07, 6.45) is 0. The Balaban J connectivity index is 2.14. The van der Waals surface area contributed by atoms with Crippen molar-refractivity contribution in [2.75, 3.05) is 11.2 Å². The topological polar surface area (TPSA) is 50.4 Å². The van der Waals surface area contributed by atoms with Gasteiger partial charge in [-0.15, -0.1) is 0 Å². The van der Waals surface area contributed by atoms with Crippen LogP contribution < -0.4 is 11.2 Å². The summed E-state index contributed by atoms with van der Waals surface area (Å²) in [7, 11) is 0. The lowest BCUT2D eigenvalue weighted by Crippen LogP contribution is -2.03. The first-order valence-electron chi connectivity index (χ1n) is 5.57. The second kappa shape index (κ2) is 5.56. The van der Waals surface area contributed by atoms with E-state index in [2.05, 4.69) is 10.5 Å². The number of rotatable bonds is 3. The monoisotopic (exact) mass is 259 g/mol. The quantitative estimate of drug-likeness (QED) is 0.501. The van der Waals surface area contributed by atoms with E-state index in [1.54, 1.807) is 0 Å². The van der Waals surface area contributed by atoms with E-state index in [1.165, 1.54) is 0 Å². The highest BCUT2D eigenvalue weighted by Crippen LogP contribution is 2.15. The fourth-order valence-corrected chi connectivity index (χ4v) is 1.69. The Bertz CT molecular complexity index is 562. The molecule has 0 saturated carbocycles. The molecule has 0 atom stereocenters. The zero-order valence-electron chi connectivity index (χ0n) is 10.0. The first kappa shape index (κ1) is 12.5. The van der Waals surface area contributed by atoms with E-state index in [0.717, 1.165) is 22.6 Å². The molecule has 2 aromatic carbocycles. The van der Waals surface area contributed by atoms with Crippen LogP contribution in [0.1, 0.15) is 12.5 Å². The van der Waals surface area contributed by atoms with E-state index < -0.39 is 0 Å². The Kier molecular flexibility index (Phi) is 3.85. The van der Waals surface area contributed by atoms with Gasteiger partial charge in [0.2, 0.25) is 0 Å². The van der Waals surface area contributed by atoms with E-state index >= 15 is 0 Å².